The minimum absolute atomic E-state index is 0.0349. The predicted octanol–water partition coefficient (Wildman–Crippen LogP) is 2.24. The highest BCUT2D eigenvalue weighted by Gasteiger charge is 2.26. The molecule has 2 aliphatic heterocycles. The van der Waals surface area contributed by atoms with Crippen molar-refractivity contribution in [2.45, 2.75) is 32.1 Å². The number of carbonyl (C=O) groups excluding carboxylic acids is 2. The molecule has 1 fully saturated rings. The molecule has 98 valence electrons. The van der Waals surface area contributed by atoms with Crippen LogP contribution in [0.4, 0.5) is 5.69 Å². The fourth-order valence-corrected chi connectivity index (χ4v) is 2.63. The van der Waals surface area contributed by atoms with E-state index in [0.29, 0.717) is 32.2 Å². The molecule has 0 aromatic heterocycles. The molecule has 0 spiro atoms. The van der Waals surface area contributed by atoms with Crippen LogP contribution in [0.25, 0.3) is 0 Å². The van der Waals surface area contributed by atoms with Gasteiger partial charge < -0.3 is 0 Å². The van der Waals surface area contributed by atoms with Gasteiger partial charge in [-0.2, -0.15) is 0 Å². The Kier molecular flexibility index (Phi) is 3.15. The molecule has 4 heteroatoms. The lowest BCUT2D eigenvalue weighted by Crippen LogP contribution is -2.41. The molecule has 19 heavy (non-hydrogen) atoms. The number of hydrogen-bond acceptors (Lipinski definition) is 3. The van der Waals surface area contributed by atoms with Gasteiger partial charge in [0.1, 0.15) is 0 Å². The normalized spacial score (nSPS) is 18.5. The average molecular weight is 256 g/mol. The van der Waals surface area contributed by atoms with Crippen molar-refractivity contribution in [1.82, 2.24) is 4.90 Å². The Morgan fingerprint density at radius 2 is 1.84 bits per heavy atom. The van der Waals surface area contributed by atoms with Gasteiger partial charge in [0.05, 0.1) is 5.69 Å². The highest BCUT2D eigenvalue weighted by molar-refractivity contribution is 5.99. The summed E-state index contributed by atoms with van der Waals surface area (Å²) in [5.41, 5.74) is 3.31. The maximum absolute atomic E-state index is 11.7. The van der Waals surface area contributed by atoms with Gasteiger partial charge in [-0.15, -0.1) is 0 Å². The SMILES string of the molecule is O=C1CCCC(=O)N1CCC1=Nc2ccccc2C1. The molecule has 0 saturated carbocycles. The number of para-hydroxylation sites is 1. The van der Waals surface area contributed by atoms with Gasteiger partial charge in [-0.25, -0.2) is 0 Å². The van der Waals surface area contributed by atoms with Crippen molar-refractivity contribution in [3.8, 4) is 0 Å². The van der Waals surface area contributed by atoms with E-state index in [4.69, 9.17) is 0 Å². The van der Waals surface area contributed by atoms with Crippen LogP contribution in [0.5, 0.6) is 0 Å². The number of fused-ring (bicyclic) bond motifs is 1. The molecule has 0 aliphatic carbocycles. The second-order valence-corrected chi connectivity index (χ2v) is 5.03. The summed E-state index contributed by atoms with van der Waals surface area (Å²) in [6.45, 7) is 0.477. The van der Waals surface area contributed by atoms with Crippen molar-refractivity contribution in [2.24, 2.45) is 4.99 Å². The highest BCUT2D eigenvalue weighted by atomic mass is 16.2. The number of hydrogen-bond donors (Lipinski definition) is 0. The molecule has 1 aromatic rings. The molecule has 2 aliphatic rings. The number of rotatable bonds is 3. The van der Waals surface area contributed by atoms with Gasteiger partial charge in [0.15, 0.2) is 0 Å². The lowest BCUT2D eigenvalue weighted by molar-refractivity contribution is -0.147. The summed E-state index contributed by atoms with van der Waals surface area (Å²) >= 11 is 0. The molecule has 0 N–H and O–H groups in total. The van der Waals surface area contributed by atoms with Crippen molar-refractivity contribution in [2.75, 3.05) is 6.54 Å². The third-order valence-corrected chi connectivity index (χ3v) is 3.67. The second-order valence-electron chi connectivity index (χ2n) is 5.03. The smallest absolute Gasteiger partial charge is 0.229 e. The standard InChI is InChI=1S/C15H16N2O2/c18-14-6-3-7-15(19)17(14)9-8-12-10-11-4-1-2-5-13(11)16-12/h1-2,4-5H,3,6-10H2. The Balaban J connectivity index is 1.62. The molecule has 3 rings (SSSR count). The first kappa shape index (κ1) is 12.1. The monoisotopic (exact) mass is 256 g/mol. The lowest BCUT2D eigenvalue weighted by atomic mass is 10.1. The number of carbonyl (C=O) groups is 2. The summed E-state index contributed by atoms with van der Waals surface area (Å²) in [4.78, 5) is 29.3. The molecule has 0 radical (unpaired) electrons. The van der Waals surface area contributed by atoms with Crippen molar-refractivity contribution in [3.63, 3.8) is 0 Å². The largest absolute Gasteiger partial charge is 0.282 e. The lowest BCUT2D eigenvalue weighted by Gasteiger charge is -2.24. The summed E-state index contributed by atoms with van der Waals surface area (Å²) in [6, 6.07) is 8.06. The van der Waals surface area contributed by atoms with Crippen LogP contribution in [-0.2, 0) is 16.0 Å². The molecule has 1 aromatic carbocycles. The third-order valence-electron chi connectivity index (χ3n) is 3.67. The molecular weight excluding hydrogens is 240 g/mol. The minimum Gasteiger partial charge on any atom is -0.282 e. The summed E-state index contributed by atoms with van der Waals surface area (Å²) < 4.78 is 0. The number of nitrogens with zero attached hydrogens (tertiary/aromatic N) is 2. The Morgan fingerprint density at radius 3 is 2.58 bits per heavy atom. The van der Waals surface area contributed by atoms with Gasteiger partial charge in [-0.05, 0) is 18.1 Å². The summed E-state index contributed by atoms with van der Waals surface area (Å²) in [6.07, 6.45) is 3.22. The van der Waals surface area contributed by atoms with E-state index in [-0.39, 0.29) is 11.8 Å². The number of imide groups is 1. The van der Waals surface area contributed by atoms with Crippen LogP contribution in [-0.4, -0.2) is 29.0 Å². The fraction of sp³-hybridized carbons (Fsp3) is 0.400. The Morgan fingerprint density at radius 1 is 1.11 bits per heavy atom. The number of amides is 2. The van der Waals surface area contributed by atoms with E-state index in [1.54, 1.807) is 0 Å². The Hall–Kier alpha value is -1.97. The van der Waals surface area contributed by atoms with Crippen LogP contribution in [0, 0.1) is 0 Å². The van der Waals surface area contributed by atoms with Gasteiger partial charge in [0, 0.05) is 37.9 Å². The highest BCUT2D eigenvalue weighted by Crippen LogP contribution is 2.27. The molecule has 1 saturated heterocycles. The maximum Gasteiger partial charge on any atom is 0.229 e. The first-order valence-corrected chi connectivity index (χ1v) is 6.71. The molecule has 4 nitrogen and oxygen atoms in total. The minimum atomic E-state index is -0.0349. The molecule has 0 unspecified atom stereocenters. The zero-order chi connectivity index (χ0) is 13.2. The molecule has 2 heterocycles. The van der Waals surface area contributed by atoms with E-state index >= 15 is 0 Å². The van der Waals surface area contributed by atoms with Crippen molar-refractivity contribution in [1.29, 1.82) is 0 Å². The molecular formula is C15H16N2O2. The van der Waals surface area contributed by atoms with E-state index in [2.05, 4.69) is 11.1 Å². The van der Waals surface area contributed by atoms with Crippen LogP contribution < -0.4 is 0 Å². The average Bonchev–Trinajstić information content (AvgIpc) is 2.81. The number of benzene rings is 1. The van der Waals surface area contributed by atoms with Gasteiger partial charge in [-0.3, -0.25) is 19.5 Å². The first-order valence-electron chi connectivity index (χ1n) is 6.71. The Bertz CT molecular complexity index is 547. The quantitative estimate of drug-likeness (QED) is 0.779. The van der Waals surface area contributed by atoms with E-state index in [1.807, 2.05) is 18.2 Å². The second kappa shape index (κ2) is 4.96. The molecule has 2 amide bonds. The van der Waals surface area contributed by atoms with Crippen LogP contribution >= 0.6 is 0 Å². The van der Waals surface area contributed by atoms with Crippen molar-refractivity contribution in [3.05, 3.63) is 29.8 Å². The van der Waals surface area contributed by atoms with E-state index in [1.165, 1.54) is 10.5 Å². The zero-order valence-electron chi connectivity index (χ0n) is 10.8. The van der Waals surface area contributed by atoms with Crippen LogP contribution in [0.3, 0.4) is 0 Å². The van der Waals surface area contributed by atoms with E-state index in [9.17, 15) is 9.59 Å². The van der Waals surface area contributed by atoms with Gasteiger partial charge in [0.25, 0.3) is 0 Å². The van der Waals surface area contributed by atoms with Gasteiger partial charge >= 0.3 is 0 Å². The van der Waals surface area contributed by atoms with Crippen molar-refractivity contribution < 1.29 is 9.59 Å². The Labute approximate surface area is 112 Å². The van der Waals surface area contributed by atoms with Gasteiger partial charge in [-0.1, -0.05) is 18.2 Å². The fourth-order valence-electron chi connectivity index (χ4n) is 2.63. The number of aliphatic imine (C=N–C) groups is 1. The number of likely N-dealkylation sites (tertiary alicyclic amines) is 1. The van der Waals surface area contributed by atoms with Crippen LogP contribution in [0.1, 0.15) is 31.2 Å². The predicted molar refractivity (Wildman–Crippen MR) is 72.4 cm³/mol. The van der Waals surface area contributed by atoms with E-state index in [0.717, 1.165) is 17.8 Å². The van der Waals surface area contributed by atoms with Gasteiger partial charge in [0.2, 0.25) is 11.8 Å². The maximum atomic E-state index is 11.7. The third kappa shape index (κ3) is 2.43. The summed E-state index contributed by atoms with van der Waals surface area (Å²) in [5.74, 6) is -0.0697. The first-order chi connectivity index (χ1) is 9.24. The number of piperidine rings is 1. The topological polar surface area (TPSA) is 49.7 Å². The zero-order valence-corrected chi connectivity index (χ0v) is 10.8. The molecule has 0 atom stereocenters. The van der Waals surface area contributed by atoms with Crippen LogP contribution in [0.2, 0.25) is 0 Å². The summed E-state index contributed by atoms with van der Waals surface area (Å²) in [5, 5.41) is 0. The summed E-state index contributed by atoms with van der Waals surface area (Å²) in [7, 11) is 0. The van der Waals surface area contributed by atoms with E-state index < -0.39 is 0 Å². The van der Waals surface area contributed by atoms with Crippen molar-refractivity contribution >= 4 is 23.2 Å². The molecule has 0 bridgehead atoms. The van der Waals surface area contributed by atoms with Crippen LogP contribution in [0.15, 0.2) is 29.3 Å².